The predicted octanol–water partition coefficient (Wildman–Crippen LogP) is 12.5. The molecule has 0 aliphatic rings. The van der Waals surface area contributed by atoms with Crippen LogP contribution >= 0.6 is 0 Å². The van der Waals surface area contributed by atoms with Gasteiger partial charge in [0.1, 0.15) is 25.7 Å². The molecule has 0 spiro atoms. The molecule has 0 aliphatic heterocycles. The fourth-order valence-electron chi connectivity index (χ4n) is 2.77. The Balaban J connectivity index is -0.0000000949. The summed E-state index contributed by atoms with van der Waals surface area (Å²) in [4.78, 5) is 32.3. The number of rotatable bonds is 29. The highest BCUT2D eigenvalue weighted by Gasteiger charge is 2.47. The second kappa shape index (κ2) is 48.8. The van der Waals surface area contributed by atoms with Crippen molar-refractivity contribution in [1.29, 1.82) is 0 Å². The van der Waals surface area contributed by atoms with Gasteiger partial charge in [-0.05, 0) is 32.6 Å². The zero-order chi connectivity index (χ0) is 58.9. The quantitative estimate of drug-likeness (QED) is 0.0287. The van der Waals surface area contributed by atoms with Gasteiger partial charge in [0.2, 0.25) is 18.7 Å². The molecule has 0 radical (unpaired) electrons. The summed E-state index contributed by atoms with van der Waals surface area (Å²) in [5, 5.41) is 0. The summed E-state index contributed by atoms with van der Waals surface area (Å²) in [6.07, 6.45) is -32.0. The van der Waals surface area contributed by atoms with Gasteiger partial charge in [-0.3, -0.25) is 37.4 Å². The van der Waals surface area contributed by atoms with E-state index < -0.39 is 86.9 Å². The van der Waals surface area contributed by atoms with Crippen LogP contribution in [0.1, 0.15) is 99.3 Å². The van der Waals surface area contributed by atoms with E-state index in [1.165, 1.54) is 19.3 Å². The monoisotopic (exact) mass is 1120 g/mol. The molecule has 0 aliphatic carbocycles. The van der Waals surface area contributed by atoms with Crippen LogP contribution in [0.5, 0.6) is 0 Å². The molecule has 0 saturated carbocycles. The molecule has 0 bridgehead atoms. The van der Waals surface area contributed by atoms with Crippen LogP contribution in [0.3, 0.4) is 0 Å². The molecule has 3 N–H and O–H groups in total. The standard InChI is InChI=1S/C8H12F4O3.C7H12F4N2O2.C7H11F4NO3.C6H9F5O.C4H8F2.4CH3F/c1-2-3-15-8(11,12)4-7(9,10)5-14-6-13;1-2-3-15-7(10,11)4-6(8,9)13-12-5-14;1-2-3-14-6(8,9)4-7(10,11)15-12-5-13;1-2-3-12-6(10,11)4-5(7,8)9;1-3-4(2,5)6;4*1-2/h6H,2-5H2,1H3;5,13H,2-4H2,1H3,(H,12,14);5H,2-4H2,1H3,(H,12,13);2-4H2,1H3;3H2,1-2H3;4*1H3. The molecule has 0 atom stereocenters. The van der Waals surface area contributed by atoms with Crippen molar-refractivity contribution in [3.63, 3.8) is 0 Å². The first-order chi connectivity index (χ1) is 32.3. The summed E-state index contributed by atoms with van der Waals surface area (Å²) in [5.74, 6) is -6.25. The smallest absolute Gasteiger partial charge is 0.397 e. The van der Waals surface area contributed by atoms with Crippen LogP contribution in [-0.4, -0.2) is 136 Å². The van der Waals surface area contributed by atoms with Crippen molar-refractivity contribution in [1.82, 2.24) is 16.3 Å². The molecule has 0 saturated heterocycles. The molecular weight excluding hydrogens is 1060 g/mol. The zero-order valence-electron chi connectivity index (χ0n) is 40.0. The van der Waals surface area contributed by atoms with Crippen LogP contribution in [0, 0.1) is 0 Å². The van der Waals surface area contributed by atoms with Gasteiger partial charge in [0.05, 0.1) is 55.1 Å². The maximum atomic E-state index is 12.7. The largest absolute Gasteiger partial charge is 0.461 e. The number of amides is 2. The SMILES string of the molecule is CCC(C)(F)F.CCCOC(F)(F)CC(F)(F)COC=O.CCCOC(F)(F)CC(F)(F)F.CCCOC(F)(F)CC(F)(F)NNC=O.CCCOC(F)(F)CC(F)(F)ONC=O.CF.CF.CF.CF. The van der Waals surface area contributed by atoms with Crippen LogP contribution in [0.2, 0.25) is 0 Å². The molecule has 438 valence electrons. The number of halogens is 23. The van der Waals surface area contributed by atoms with Crippen LogP contribution in [0.15, 0.2) is 0 Å². The van der Waals surface area contributed by atoms with Gasteiger partial charge in [0, 0.05) is 6.42 Å². The van der Waals surface area contributed by atoms with Crippen molar-refractivity contribution in [3.05, 3.63) is 0 Å². The number of ether oxygens (including phenoxy) is 5. The fraction of sp³-hybridized carbons (Fsp3) is 0.917. The minimum absolute atomic E-state index is 0.0625. The molecule has 35 heteroatoms. The molecule has 0 aromatic carbocycles. The Morgan fingerprint density at radius 2 is 0.746 bits per heavy atom. The number of alkyl halides is 23. The Morgan fingerprint density at radius 1 is 0.437 bits per heavy atom. The van der Waals surface area contributed by atoms with Crippen LogP contribution in [0.4, 0.5) is 101 Å². The van der Waals surface area contributed by atoms with Gasteiger partial charge in [0.25, 0.3) is 12.4 Å². The highest BCUT2D eigenvalue weighted by Crippen LogP contribution is 2.34. The van der Waals surface area contributed by atoms with Crippen molar-refractivity contribution < 1.29 is 144 Å². The van der Waals surface area contributed by atoms with Gasteiger partial charge in [-0.1, -0.05) is 34.6 Å². The summed E-state index contributed by atoms with van der Waals surface area (Å²) in [6.45, 7) is 5.66. The molecule has 0 fully saturated rings. The van der Waals surface area contributed by atoms with Gasteiger partial charge in [0.15, 0.2) is 6.61 Å². The summed E-state index contributed by atoms with van der Waals surface area (Å²) in [6, 6.07) is -3.93. The molecule has 0 aromatic rings. The van der Waals surface area contributed by atoms with E-state index in [0.29, 0.717) is 41.6 Å². The van der Waals surface area contributed by atoms with Crippen molar-refractivity contribution in [2.24, 2.45) is 0 Å². The second-order valence-corrected chi connectivity index (χ2v) is 12.0. The number of carbonyl (C=O) groups is 3. The van der Waals surface area contributed by atoms with Gasteiger partial charge < -0.3 is 23.7 Å². The number of carbonyl (C=O) groups excluding carboxylic acids is 3. The van der Waals surface area contributed by atoms with Crippen molar-refractivity contribution in [2.45, 2.75) is 154 Å². The summed E-state index contributed by atoms with van der Waals surface area (Å²) < 4.78 is 290. The van der Waals surface area contributed by atoms with Crippen molar-refractivity contribution in [2.75, 3.05) is 61.7 Å². The summed E-state index contributed by atoms with van der Waals surface area (Å²) >= 11 is 0. The third-order valence-corrected chi connectivity index (χ3v) is 5.33. The first-order valence-electron chi connectivity index (χ1n) is 19.4. The van der Waals surface area contributed by atoms with Crippen LogP contribution < -0.4 is 16.3 Å². The van der Waals surface area contributed by atoms with E-state index >= 15 is 0 Å². The number of hydrogen-bond donors (Lipinski definition) is 3. The first kappa shape index (κ1) is 87.3. The van der Waals surface area contributed by atoms with E-state index in [1.54, 1.807) is 20.8 Å². The highest BCUT2D eigenvalue weighted by atomic mass is 19.4. The minimum atomic E-state index is -4.89. The van der Waals surface area contributed by atoms with E-state index in [4.69, 9.17) is 0 Å². The van der Waals surface area contributed by atoms with E-state index in [0.717, 1.165) is 17.8 Å². The lowest BCUT2D eigenvalue weighted by Crippen LogP contribution is -2.49. The van der Waals surface area contributed by atoms with Gasteiger partial charge in [-0.15, -0.1) is 0 Å². The Kier molecular flexibility index (Phi) is 60.0. The van der Waals surface area contributed by atoms with E-state index in [9.17, 15) is 115 Å². The highest BCUT2D eigenvalue weighted by molar-refractivity contribution is 5.44. The van der Waals surface area contributed by atoms with Gasteiger partial charge >= 0.3 is 42.8 Å². The number of hydrogen-bond acceptors (Lipinski definition) is 10. The maximum Gasteiger partial charge on any atom is 0.397 e. The lowest BCUT2D eigenvalue weighted by Gasteiger charge is -2.23. The fourth-order valence-corrected chi connectivity index (χ4v) is 2.77. The maximum absolute atomic E-state index is 12.7. The summed E-state index contributed by atoms with van der Waals surface area (Å²) in [5.41, 5.74) is 3.68. The molecule has 0 aromatic heterocycles. The topological polar surface area (TPSA) is 143 Å². The molecule has 12 nitrogen and oxygen atoms in total. The zero-order valence-corrected chi connectivity index (χ0v) is 40.0. The molecule has 2 amide bonds. The van der Waals surface area contributed by atoms with E-state index in [2.05, 4.69) is 28.5 Å². The van der Waals surface area contributed by atoms with Gasteiger partial charge in [-0.2, -0.15) is 71.3 Å². The van der Waals surface area contributed by atoms with E-state index in [-0.39, 0.29) is 65.0 Å². The third-order valence-electron chi connectivity index (χ3n) is 5.33. The molecular formula is C36H64F23N3O9. The molecule has 0 heterocycles. The van der Waals surface area contributed by atoms with E-state index in [1.807, 2.05) is 0 Å². The number of nitrogens with one attached hydrogen (secondary N) is 3. The first-order valence-corrected chi connectivity index (χ1v) is 19.4. The lowest BCUT2D eigenvalue weighted by molar-refractivity contribution is -0.338. The molecule has 0 unspecified atom stereocenters. The average molecular weight is 1120 g/mol. The Hall–Kier alpha value is -3.44. The van der Waals surface area contributed by atoms with Crippen LogP contribution in [-0.2, 0) is 42.9 Å². The third kappa shape index (κ3) is 80.9. The minimum Gasteiger partial charge on any atom is -0.461 e. The van der Waals surface area contributed by atoms with Crippen molar-refractivity contribution >= 4 is 19.3 Å². The normalized spacial score (nSPS) is 11.6. The molecule has 71 heavy (non-hydrogen) atoms. The average Bonchev–Trinajstić information content (AvgIpc) is 3.26. The summed E-state index contributed by atoms with van der Waals surface area (Å²) in [7, 11) is 2.00. The Bertz CT molecular complexity index is 1070. The lowest BCUT2D eigenvalue weighted by atomic mass is 10.2. The second-order valence-electron chi connectivity index (χ2n) is 12.0. The predicted molar refractivity (Wildman–Crippen MR) is 208 cm³/mol. The van der Waals surface area contributed by atoms with Crippen molar-refractivity contribution in [3.8, 4) is 0 Å². The van der Waals surface area contributed by atoms with Gasteiger partial charge in [-0.25, -0.2) is 27.9 Å². The Morgan fingerprint density at radius 3 is 1.01 bits per heavy atom. The molecule has 0 rings (SSSR count). The number of hydroxylamine groups is 1. The van der Waals surface area contributed by atoms with Crippen LogP contribution in [0.25, 0.3) is 0 Å². The number of hydrazine groups is 1. The Labute approximate surface area is 395 Å².